The monoisotopic (exact) mass is 486 g/mol. The van der Waals surface area contributed by atoms with Crippen molar-refractivity contribution in [3.8, 4) is 5.82 Å². The number of pyridine rings is 1. The third-order valence-corrected chi connectivity index (χ3v) is 8.59. The Morgan fingerprint density at radius 1 is 1.03 bits per heavy atom. The smallest absolute Gasteiger partial charge is 0.248 e. The number of nitrogens with zero attached hydrogens (tertiary/aromatic N) is 8. The molecule has 10 heteroatoms. The van der Waals surface area contributed by atoms with Crippen LogP contribution in [0.5, 0.6) is 0 Å². The molecule has 0 radical (unpaired) electrons. The molecule has 36 heavy (non-hydrogen) atoms. The Kier molecular flexibility index (Phi) is 5.30. The van der Waals surface area contributed by atoms with Crippen LogP contribution in [0.25, 0.3) is 5.82 Å². The third kappa shape index (κ3) is 3.97. The van der Waals surface area contributed by atoms with Gasteiger partial charge in [-0.1, -0.05) is 0 Å². The lowest BCUT2D eigenvalue weighted by Gasteiger charge is -2.40. The maximum Gasteiger partial charge on any atom is 0.248 e. The van der Waals surface area contributed by atoms with E-state index in [-0.39, 0.29) is 0 Å². The third-order valence-electron chi connectivity index (χ3n) is 8.59. The number of anilines is 4. The molecular formula is C26H34N10. The zero-order valence-electron chi connectivity index (χ0n) is 20.8. The van der Waals surface area contributed by atoms with E-state index in [0.29, 0.717) is 29.8 Å². The van der Waals surface area contributed by atoms with E-state index in [2.05, 4.69) is 48.4 Å². The molecule has 0 amide bonds. The molecular weight excluding hydrogens is 452 g/mol. The molecule has 3 fully saturated rings. The van der Waals surface area contributed by atoms with Gasteiger partial charge in [-0.05, 0) is 80.9 Å². The van der Waals surface area contributed by atoms with Gasteiger partial charge in [0.15, 0.2) is 5.82 Å². The Hall–Kier alpha value is -3.27. The molecule has 188 valence electrons. The maximum atomic E-state index is 6.29. The number of hydrogen-bond donors (Lipinski definition) is 2. The zero-order valence-corrected chi connectivity index (χ0v) is 20.8. The molecule has 4 heterocycles. The van der Waals surface area contributed by atoms with Crippen LogP contribution in [0.2, 0.25) is 0 Å². The van der Waals surface area contributed by atoms with Crippen LogP contribution >= 0.6 is 0 Å². The normalized spacial score (nSPS) is 25.7. The molecule has 1 atom stereocenters. The van der Waals surface area contributed by atoms with E-state index in [9.17, 15) is 0 Å². The Balaban J connectivity index is 1.06. The van der Waals surface area contributed by atoms with Gasteiger partial charge in [0.1, 0.15) is 5.82 Å². The van der Waals surface area contributed by atoms with E-state index in [1.54, 1.807) is 4.68 Å². The number of rotatable bonds is 6. The molecule has 4 aliphatic carbocycles. The van der Waals surface area contributed by atoms with Gasteiger partial charge in [0.05, 0.1) is 18.1 Å². The summed E-state index contributed by atoms with van der Waals surface area (Å²) in [5.41, 5.74) is 9.70. The summed E-state index contributed by atoms with van der Waals surface area (Å²) in [4.78, 5) is 14.2. The van der Waals surface area contributed by atoms with Crippen LogP contribution in [0.3, 0.4) is 0 Å². The first-order valence-electron chi connectivity index (χ1n) is 13.4. The van der Waals surface area contributed by atoms with Crippen LogP contribution in [0.15, 0.2) is 24.5 Å². The molecule has 8 rings (SSSR count). The highest BCUT2D eigenvalue weighted by atomic mass is 15.5. The molecule has 0 spiro atoms. The summed E-state index contributed by atoms with van der Waals surface area (Å²) >= 11 is 0. The summed E-state index contributed by atoms with van der Waals surface area (Å²) in [6.07, 6.45) is 11.5. The molecule has 10 nitrogen and oxygen atoms in total. The minimum absolute atomic E-state index is 0.310. The van der Waals surface area contributed by atoms with Crippen molar-refractivity contribution in [2.24, 2.45) is 5.92 Å². The highest BCUT2D eigenvalue weighted by Crippen LogP contribution is 2.50. The molecule has 1 saturated heterocycles. The second-order valence-electron chi connectivity index (χ2n) is 11.1. The van der Waals surface area contributed by atoms with E-state index in [0.717, 1.165) is 42.9 Å². The van der Waals surface area contributed by atoms with Crippen molar-refractivity contribution in [1.29, 1.82) is 0 Å². The summed E-state index contributed by atoms with van der Waals surface area (Å²) in [5.74, 6) is 4.50. The van der Waals surface area contributed by atoms with Gasteiger partial charge in [0.25, 0.3) is 0 Å². The van der Waals surface area contributed by atoms with Crippen molar-refractivity contribution in [3.05, 3.63) is 35.7 Å². The van der Waals surface area contributed by atoms with Crippen molar-refractivity contribution >= 4 is 23.4 Å². The molecule has 2 bridgehead atoms. The summed E-state index contributed by atoms with van der Waals surface area (Å²) < 4.78 is 1.64. The molecule has 3 aromatic heterocycles. The van der Waals surface area contributed by atoms with E-state index in [4.69, 9.17) is 10.7 Å². The molecule has 0 aromatic carbocycles. The van der Waals surface area contributed by atoms with Crippen LogP contribution in [0.1, 0.15) is 68.4 Å². The maximum absolute atomic E-state index is 6.29. The average molecular weight is 487 g/mol. The van der Waals surface area contributed by atoms with Gasteiger partial charge in [0.2, 0.25) is 11.9 Å². The topological polar surface area (TPSA) is 114 Å². The standard InChI is InChI=1S/C26H34N10/c1-16-14-35(11-10-34(16)15-17-2-3-17)22-9-8-20(12-28-22)30-26-31-25(27)36(33-26)24-23-19-6-4-18(5-7-19)21(23)13-29-32-24/h8-9,12-13,16-19H,2-7,10-11,14-15H2,1H3,(H3,27,30,31,33). The summed E-state index contributed by atoms with van der Waals surface area (Å²) in [6.45, 7) is 6.72. The highest BCUT2D eigenvalue weighted by molar-refractivity contribution is 5.57. The molecule has 2 saturated carbocycles. The van der Waals surface area contributed by atoms with Crippen molar-refractivity contribution in [2.75, 3.05) is 42.1 Å². The van der Waals surface area contributed by atoms with Crippen LogP contribution in [0, 0.1) is 5.92 Å². The lowest BCUT2D eigenvalue weighted by atomic mass is 9.68. The Morgan fingerprint density at radius 2 is 1.86 bits per heavy atom. The Bertz CT molecular complexity index is 1240. The SMILES string of the molecule is CC1CN(c2ccc(Nc3nc(N)n(-c4nncc5c4C4CCC5CC4)n3)cn2)CCN1CC1CC1. The van der Waals surface area contributed by atoms with Crippen LogP contribution in [-0.4, -0.2) is 67.1 Å². The summed E-state index contributed by atoms with van der Waals surface area (Å²) in [6, 6.07) is 4.66. The van der Waals surface area contributed by atoms with Crippen molar-refractivity contribution < 1.29 is 0 Å². The molecule has 3 N–H and O–H groups in total. The minimum Gasteiger partial charge on any atom is -0.368 e. The Labute approximate surface area is 211 Å². The quantitative estimate of drug-likeness (QED) is 0.541. The van der Waals surface area contributed by atoms with Crippen LogP contribution in [0.4, 0.5) is 23.4 Å². The van der Waals surface area contributed by atoms with E-state index >= 15 is 0 Å². The highest BCUT2D eigenvalue weighted by Gasteiger charge is 2.36. The van der Waals surface area contributed by atoms with Crippen LogP contribution in [-0.2, 0) is 0 Å². The molecule has 3 aromatic rings. The van der Waals surface area contributed by atoms with E-state index in [1.807, 2.05) is 18.5 Å². The molecule has 1 unspecified atom stereocenters. The second kappa shape index (κ2) is 8.69. The number of nitrogens with one attached hydrogen (secondary N) is 1. The first-order valence-corrected chi connectivity index (χ1v) is 13.4. The van der Waals surface area contributed by atoms with Crippen molar-refractivity contribution in [1.82, 2.24) is 34.8 Å². The molecule has 1 aliphatic heterocycles. The lowest BCUT2D eigenvalue weighted by Crippen LogP contribution is -2.52. The predicted molar refractivity (Wildman–Crippen MR) is 139 cm³/mol. The van der Waals surface area contributed by atoms with Crippen molar-refractivity contribution in [2.45, 2.75) is 63.3 Å². The second-order valence-corrected chi connectivity index (χ2v) is 11.1. The number of hydrogen-bond acceptors (Lipinski definition) is 9. The van der Waals surface area contributed by atoms with Crippen LogP contribution < -0.4 is 16.0 Å². The predicted octanol–water partition coefficient (Wildman–Crippen LogP) is 3.45. The van der Waals surface area contributed by atoms with Gasteiger partial charge < -0.3 is 16.0 Å². The van der Waals surface area contributed by atoms with Gasteiger partial charge in [-0.2, -0.15) is 14.8 Å². The number of aromatic nitrogens is 6. The number of fused-ring (bicyclic) bond motifs is 2. The summed E-state index contributed by atoms with van der Waals surface area (Å²) in [7, 11) is 0. The number of nitrogen functional groups attached to an aromatic ring is 1. The Morgan fingerprint density at radius 3 is 2.61 bits per heavy atom. The molecule has 5 aliphatic rings. The fourth-order valence-corrected chi connectivity index (χ4v) is 6.41. The number of nitrogens with two attached hydrogens (primary N) is 1. The lowest BCUT2D eigenvalue weighted by molar-refractivity contribution is 0.181. The van der Waals surface area contributed by atoms with Gasteiger partial charge in [-0.15, -0.1) is 10.2 Å². The van der Waals surface area contributed by atoms with E-state index in [1.165, 1.54) is 56.2 Å². The minimum atomic E-state index is 0.310. The van der Waals surface area contributed by atoms with Gasteiger partial charge in [-0.3, -0.25) is 4.90 Å². The zero-order chi connectivity index (χ0) is 24.2. The summed E-state index contributed by atoms with van der Waals surface area (Å²) in [5, 5.41) is 16.6. The first-order chi connectivity index (χ1) is 17.6. The van der Waals surface area contributed by atoms with Crippen molar-refractivity contribution in [3.63, 3.8) is 0 Å². The fraction of sp³-hybridized carbons (Fsp3) is 0.577. The van der Waals surface area contributed by atoms with Gasteiger partial charge >= 0.3 is 0 Å². The average Bonchev–Trinajstić information content (AvgIpc) is 3.66. The van der Waals surface area contributed by atoms with Gasteiger partial charge in [0, 0.05) is 37.8 Å². The number of piperazine rings is 1. The van der Waals surface area contributed by atoms with Gasteiger partial charge in [-0.25, -0.2) is 4.98 Å². The fourth-order valence-electron chi connectivity index (χ4n) is 6.41. The van der Waals surface area contributed by atoms with E-state index < -0.39 is 0 Å². The largest absolute Gasteiger partial charge is 0.368 e. The first kappa shape index (κ1) is 22.0.